The Bertz CT molecular complexity index is 720. The number of hydrogen-bond donors (Lipinski definition) is 1. The number of nitrogens with zero attached hydrogens (tertiary/aromatic N) is 2. The van der Waals surface area contributed by atoms with Crippen molar-refractivity contribution >= 4 is 17.3 Å². The Morgan fingerprint density at radius 1 is 1.12 bits per heavy atom. The molecule has 25 heavy (non-hydrogen) atoms. The summed E-state index contributed by atoms with van der Waals surface area (Å²) in [5.41, 5.74) is 1.40. The smallest absolute Gasteiger partial charge is 0.131 e. The largest absolute Gasteiger partial charge is 0.382 e. The minimum absolute atomic E-state index is 0.202. The summed E-state index contributed by atoms with van der Waals surface area (Å²) in [6, 6.07) is 5.47. The third-order valence-corrected chi connectivity index (χ3v) is 4.82. The van der Waals surface area contributed by atoms with E-state index in [2.05, 4.69) is 15.3 Å². The topological polar surface area (TPSA) is 37.8 Å². The summed E-state index contributed by atoms with van der Waals surface area (Å²) in [6.45, 7) is 3.00. The van der Waals surface area contributed by atoms with Crippen molar-refractivity contribution in [3.8, 4) is 11.3 Å². The van der Waals surface area contributed by atoms with Gasteiger partial charge in [-0.05, 0) is 51.7 Å². The van der Waals surface area contributed by atoms with Crippen LogP contribution in [-0.4, -0.2) is 22.2 Å². The van der Waals surface area contributed by atoms with Gasteiger partial charge in [-0.3, -0.25) is 4.98 Å². The van der Waals surface area contributed by atoms with E-state index in [4.69, 9.17) is 11.6 Å². The maximum absolute atomic E-state index is 14.0. The van der Waals surface area contributed by atoms with Gasteiger partial charge in [-0.1, -0.05) is 17.7 Å². The SMILES string of the molecule is CC(C)(F)c1ccc(-c2cnc(Cl)cc2NC2CCC(F)CC2)nc1. The van der Waals surface area contributed by atoms with Crippen LogP contribution in [0.15, 0.2) is 30.6 Å². The molecule has 0 atom stereocenters. The van der Waals surface area contributed by atoms with Crippen molar-refractivity contribution in [2.75, 3.05) is 5.32 Å². The molecular formula is C19H22ClF2N3. The molecule has 0 amide bonds. The van der Waals surface area contributed by atoms with Crippen LogP contribution in [0.5, 0.6) is 0 Å². The lowest BCUT2D eigenvalue weighted by Gasteiger charge is -2.27. The number of anilines is 1. The third-order valence-electron chi connectivity index (χ3n) is 4.61. The van der Waals surface area contributed by atoms with Gasteiger partial charge in [0.1, 0.15) is 17.0 Å². The minimum atomic E-state index is -1.43. The summed E-state index contributed by atoms with van der Waals surface area (Å²) in [5, 5.41) is 3.83. The summed E-state index contributed by atoms with van der Waals surface area (Å²) in [6.07, 6.45) is 5.22. The van der Waals surface area contributed by atoms with Crippen LogP contribution < -0.4 is 5.32 Å². The van der Waals surface area contributed by atoms with Crippen molar-refractivity contribution < 1.29 is 8.78 Å². The minimum Gasteiger partial charge on any atom is -0.382 e. The number of nitrogens with one attached hydrogen (secondary N) is 1. The molecular weight excluding hydrogens is 344 g/mol. The Morgan fingerprint density at radius 3 is 2.44 bits per heavy atom. The fourth-order valence-corrected chi connectivity index (χ4v) is 3.23. The summed E-state index contributed by atoms with van der Waals surface area (Å²) in [7, 11) is 0. The number of rotatable bonds is 4. The molecule has 2 heterocycles. The molecule has 0 aromatic carbocycles. The summed E-state index contributed by atoms with van der Waals surface area (Å²) >= 11 is 6.05. The highest BCUT2D eigenvalue weighted by Gasteiger charge is 2.22. The molecule has 2 aromatic rings. The molecule has 1 N–H and O–H groups in total. The van der Waals surface area contributed by atoms with Crippen molar-refractivity contribution in [1.29, 1.82) is 0 Å². The van der Waals surface area contributed by atoms with E-state index in [0.29, 0.717) is 29.3 Å². The molecule has 6 heteroatoms. The quantitative estimate of drug-likeness (QED) is 0.707. The molecule has 0 unspecified atom stereocenters. The Hall–Kier alpha value is -1.75. The highest BCUT2D eigenvalue weighted by molar-refractivity contribution is 6.29. The number of alkyl halides is 2. The Balaban J connectivity index is 1.86. The molecule has 1 aliphatic carbocycles. The van der Waals surface area contributed by atoms with E-state index in [9.17, 15) is 8.78 Å². The lowest BCUT2D eigenvalue weighted by Crippen LogP contribution is -2.26. The predicted molar refractivity (Wildman–Crippen MR) is 97.4 cm³/mol. The molecule has 0 spiro atoms. The van der Waals surface area contributed by atoms with Crippen LogP contribution in [-0.2, 0) is 5.67 Å². The first kappa shape index (κ1) is 18.1. The average Bonchev–Trinajstić information content (AvgIpc) is 2.56. The second-order valence-electron chi connectivity index (χ2n) is 7.05. The molecule has 0 saturated heterocycles. The van der Waals surface area contributed by atoms with Crippen LogP contribution in [0.3, 0.4) is 0 Å². The summed E-state index contributed by atoms with van der Waals surface area (Å²) in [5.74, 6) is 0. The Kier molecular flexibility index (Phi) is 5.23. The second-order valence-corrected chi connectivity index (χ2v) is 7.44. The van der Waals surface area contributed by atoms with E-state index in [1.165, 1.54) is 13.8 Å². The number of pyridine rings is 2. The maximum Gasteiger partial charge on any atom is 0.131 e. The molecule has 134 valence electrons. The van der Waals surface area contributed by atoms with Crippen LogP contribution in [0.25, 0.3) is 11.3 Å². The van der Waals surface area contributed by atoms with Gasteiger partial charge in [0.25, 0.3) is 0 Å². The molecule has 1 aliphatic rings. The standard InChI is InChI=1S/C19H22ClF2N3/c1-19(2,22)12-3-8-16(23-10-12)15-11-24-18(20)9-17(15)25-14-6-4-13(21)5-7-14/h3,8-11,13-14H,4-7H2,1-2H3,(H,24,25). The van der Waals surface area contributed by atoms with Gasteiger partial charge in [0, 0.05) is 35.2 Å². The van der Waals surface area contributed by atoms with Gasteiger partial charge in [-0.25, -0.2) is 13.8 Å². The van der Waals surface area contributed by atoms with Crippen molar-refractivity contribution in [3.05, 3.63) is 41.3 Å². The molecule has 0 bridgehead atoms. The first-order valence-corrected chi connectivity index (χ1v) is 8.92. The molecule has 2 aromatic heterocycles. The lowest BCUT2D eigenvalue weighted by atomic mass is 9.93. The molecule has 0 radical (unpaired) electrons. The second kappa shape index (κ2) is 7.24. The Labute approximate surface area is 151 Å². The van der Waals surface area contributed by atoms with Gasteiger partial charge >= 0.3 is 0 Å². The van der Waals surface area contributed by atoms with E-state index in [1.54, 1.807) is 30.6 Å². The van der Waals surface area contributed by atoms with Crippen LogP contribution in [0, 0.1) is 0 Å². The van der Waals surface area contributed by atoms with E-state index >= 15 is 0 Å². The zero-order chi connectivity index (χ0) is 18.0. The number of halogens is 3. The molecule has 3 nitrogen and oxygen atoms in total. The van der Waals surface area contributed by atoms with Crippen molar-refractivity contribution in [3.63, 3.8) is 0 Å². The summed E-state index contributed by atoms with van der Waals surface area (Å²) in [4.78, 5) is 8.53. The summed E-state index contributed by atoms with van der Waals surface area (Å²) < 4.78 is 27.4. The lowest BCUT2D eigenvalue weighted by molar-refractivity contribution is 0.221. The van der Waals surface area contributed by atoms with E-state index in [1.807, 2.05) is 0 Å². The average molecular weight is 366 g/mol. The monoisotopic (exact) mass is 365 g/mol. The fourth-order valence-electron chi connectivity index (χ4n) is 3.08. The van der Waals surface area contributed by atoms with Gasteiger partial charge in [0.05, 0.1) is 5.69 Å². The normalized spacial score (nSPS) is 21.2. The highest BCUT2D eigenvalue weighted by atomic mass is 35.5. The third kappa shape index (κ3) is 4.46. The van der Waals surface area contributed by atoms with Crippen molar-refractivity contribution in [2.45, 2.75) is 57.4 Å². The maximum atomic E-state index is 14.0. The number of hydrogen-bond acceptors (Lipinski definition) is 3. The van der Waals surface area contributed by atoms with E-state index < -0.39 is 11.8 Å². The van der Waals surface area contributed by atoms with Crippen LogP contribution in [0.2, 0.25) is 5.15 Å². The first-order valence-electron chi connectivity index (χ1n) is 8.55. The van der Waals surface area contributed by atoms with Gasteiger partial charge < -0.3 is 5.32 Å². The molecule has 1 fully saturated rings. The zero-order valence-corrected chi connectivity index (χ0v) is 15.2. The van der Waals surface area contributed by atoms with Crippen LogP contribution in [0.1, 0.15) is 45.1 Å². The van der Waals surface area contributed by atoms with Gasteiger partial charge in [-0.15, -0.1) is 0 Å². The predicted octanol–water partition coefficient (Wildman–Crippen LogP) is 5.69. The highest BCUT2D eigenvalue weighted by Crippen LogP contribution is 2.32. The number of aromatic nitrogens is 2. The molecule has 3 rings (SSSR count). The van der Waals surface area contributed by atoms with Gasteiger partial charge in [-0.2, -0.15) is 0 Å². The van der Waals surface area contributed by atoms with Crippen molar-refractivity contribution in [1.82, 2.24) is 9.97 Å². The molecule has 0 aliphatic heterocycles. The van der Waals surface area contributed by atoms with Crippen molar-refractivity contribution in [2.24, 2.45) is 0 Å². The first-order chi connectivity index (χ1) is 11.8. The van der Waals surface area contributed by atoms with E-state index in [-0.39, 0.29) is 6.04 Å². The van der Waals surface area contributed by atoms with Crippen LogP contribution >= 0.6 is 11.6 Å². The Morgan fingerprint density at radius 2 is 1.84 bits per heavy atom. The fraction of sp³-hybridized carbons (Fsp3) is 0.474. The van der Waals surface area contributed by atoms with E-state index in [0.717, 1.165) is 24.1 Å². The zero-order valence-electron chi connectivity index (χ0n) is 14.4. The van der Waals surface area contributed by atoms with Gasteiger partial charge in [0.15, 0.2) is 0 Å². The van der Waals surface area contributed by atoms with Gasteiger partial charge in [0.2, 0.25) is 0 Å². The van der Waals surface area contributed by atoms with Crippen LogP contribution in [0.4, 0.5) is 14.5 Å². The molecule has 1 saturated carbocycles.